The predicted octanol–water partition coefficient (Wildman–Crippen LogP) is 2.44. The zero-order chi connectivity index (χ0) is 21.8. The van der Waals surface area contributed by atoms with Crippen molar-refractivity contribution in [3.05, 3.63) is 70.8 Å². The van der Waals surface area contributed by atoms with Crippen molar-refractivity contribution in [1.29, 1.82) is 0 Å². The SMILES string of the molecule is CCc1ccc(CN(C)C(=O)COC(=O)[C@H](C)N2C(=O)c3ccccc3C2=O)cc1. The molecule has 0 aromatic heterocycles. The standard InChI is InChI=1S/C23H24N2O5/c1-4-16-9-11-17(12-10-16)13-24(3)20(26)14-30-23(29)15(2)25-21(27)18-7-5-6-8-19(18)22(25)28/h5-12,15H,4,13-14H2,1-3H3/t15-/m0/s1. The van der Waals surface area contributed by atoms with Crippen LogP contribution in [0.5, 0.6) is 0 Å². The number of carbonyl (C=O) groups is 4. The highest BCUT2D eigenvalue weighted by Crippen LogP contribution is 2.24. The van der Waals surface area contributed by atoms with Gasteiger partial charge in [0.25, 0.3) is 17.7 Å². The van der Waals surface area contributed by atoms with Crippen LogP contribution in [0.1, 0.15) is 45.7 Å². The molecule has 0 saturated carbocycles. The fourth-order valence-corrected chi connectivity index (χ4v) is 3.27. The fourth-order valence-electron chi connectivity index (χ4n) is 3.27. The molecule has 0 unspecified atom stereocenters. The Hall–Kier alpha value is -3.48. The molecule has 1 atom stereocenters. The van der Waals surface area contributed by atoms with Gasteiger partial charge in [-0.15, -0.1) is 0 Å². The second kappa shape index (κ2) is 8.90. The number of benzene rings is 2. The van der Waals surface area contributed by atoms with E-state index in [-0.39, 0.29) is 17.0 Å². The number of ether oxygens (including phenoxy) is 1. The number of rotatable bonds is 7. The van der Waals surface area contributed by atoms with E-state index >= 15 is 0 Å². The van der Waals surface area contributed by atoms with Crippen molar-refractivity contribution in [3.63, 3.8) is 0 Å². The fraction of sp³-hybridized carbons (Fsp3) is 0.304. The number of esters is 1. The van der Waals surface area contributed by atoms with Gasteiger partial charge in [0.1, 0.15) is 6.04 Å². The van der Waals surface area contributed by atoms with Gasteiger partial charge in [0.05, 0.1) is 11.1 Å². The molecular formula is C23H24N2O5. The minimum absolute atomic E-state index is 0.257. The van der Waals surface area contributed by atoms with Crippen molar-refractivity contribution >= 4 is 23.7 Å². The molecule has 0 aliphatic carbocycles. The molecule has 1 aliphatic heterocycles. The summed E-state index contributed by atoms with van der Waals surface area (Å²) in [7, 11) is 1.62. The summed E-state index contributed by atoms with van der Waals surface area (Å²) in [5.74, 6) is -2.27. The number of nitrogens with zero attached hydrogens (tertiary/aromatic N) is 2. The van der Waals surface area contributed by atoms with Crippen LogP contribution in [-0.4, -0.2) is 53.2 Å². The van der Waals surface area contributed by atoms with Crippen LogP contribution in [-0.2, 0) is 27.3 Å². The first-order chi connectivity index (χ1) is 14.3. The Balaban J connectivity index is 1.55. The lowest BCUT2D eigenvalue weighted by Crippen LogP contribution is -2.44. The highest BCUT2D eigenvalue weighted by atomic mass is 16.5. The first-order valence-electron chi connectivity index (χ1n) is 9.78. The number of fused-ring (bicyclic) bond motifs is 1. The molecule has 30 heavy (non-hydrogen) atoms. The average molecular weight is 408 g/mol. The van der Waals surface area contributed by atoms with Gasteiger partial charge in [-0.3, -0.25) is 19.3 Å². The van der Waals surface area contributed by atoms with Crippen LogP contribution >= 0.6 is 0 Å². The lowest BCUT2D eigenvalue weighted by Gasteiger charge is -2.22. The molecular weight excluding hydrogens is 384 g/mol. The largest absolute Gasteiger partial charge is 0.454 e. The Morgan fingerprint density at radius 2 is 1.50 bits per heavy atom. The Kier molecular flexibility index (Phi) is 6.30. The maximum atomic E-state index is 12.5. The summed E-state index contributed by atoms with van der Waals surface area (Å²) in [6, 6.07) is 13.2. The van der Waals surface area contributed by atoms with E-state index in [2.05, 4.69) is 6.92 Å². The van der Waals surface area contributed by atoms with E-state index in [0.29, 0.717) is 6.54 Å². The zero-order valence-electron chi connectivity index (χ0n) is 17.3. The number of carbonyl (C=O) groups excluding carboxylic acids is 4. The monoisotopic (exact) mass is 408 g/mol. The molecule has 2 aromatic carbocycles. The molecule has 7 nitrogen and oxygen atoms in total. The van der Waals surface area contributed by atoms with Crippen molar-refractivity contribution in [3.8, 4) is 0 Å². The molecule has 2 aromatic rings. The molecule has 1 heterocycles. The van der Waals surface area contributed by atoms with Crippen molar-refractivity contribution in [2.75, 3.05) is 13.7 Å². The van der Waals surface area contributed by atoms with Gasteiger partial charge in [-0.25, -0.2) is 4.79 Å². The van der Waals surface area contributed by atoms with E-state index in [1.165, 1.54) is 17.4 Å². The minimum Gasteiger partial charge on any atom is -0.454 e. The van der Waals surface area contributed by atoms with Crippen molar-refractivity contribution in [2.24, 2.45) is 0 Å². The van der Waals surface area contributed by atoms with E-state index in [0.717, 1.165) is 16.9 Å². The topological polar surface area (TPSA) is 84.0 Å². The first-order valence-corrected chi connectivity index (χ1v) is 9.78. The van der Waals surface area contributed by atoms with Gasteiger partial charge in [-0.1, -0.05) is 43.3 Å². The predicted molar refractivity (Wildman–Crippen MR) is 110 cm³/mol. The quantitative estimate of drug-likeness (QED) is 0.519. The number of hydrogen-bond acceptors (Lipinski definition) is 5. The lowest BCUT2D eigenvalue weighted by molar-refractivity contribution is -0.154. The van der Waals surface area contributed by atoms with Crippen LogP contribution in [0, 0.1) is 0 Å². The van der Waals surface area contributed by atoms with Gasteiger partial charge >= 0.3 is 5.97 Å². The Morgan fingerprint density at radius 3 is 2.03 bits per heavy atom. The third kappa shape index (κ3) is 4.25. The third-order valence-corrected chi connectivity index (χ3v) is 5.17. The number of amides is 3. The Bertz CT molecular complexity index is 948. The molecule has 7 heteroatoms. The van der Waals surface area contributed by atoms with Crippen LogP contribution in [0.3, 0.4) is 0 Å². The Labute approximate surface area is 175 Å². The van der Waals surface area contributed by atoms with Gasteiger partial charge in [0, 0.05) is 13.6 Å². The van der Waals surface area contributed by atoms with Crippen LogP contribution in [0.15, 0.2) is 48.5 Å². The van der Waals surface area contributed by atoms with Crippen molar-refractivity contribution < 1.29 is 23.9 Å². The van der Waals surface area contributed by atoms with Gasteiger partial charge < -0.3 is 9.64 Å². The number of hydrogen-bond donors (Lipinski definition) is 0. The highest BCUT2D eigenvalue weighted by Gasteiger charge is 2.41. The molecule has 0 spiro atoms. The molecule has 0 saturated heterocycles. The van der Waals surface area contributed by atoms with E-state index in [1.807, 2.05) is 24.3 Å². The molecule has 0 N–H and O–H groups in total. The second-order valence-corrected chi connectivity index (χ2v) is 7.23. The number of imide groups is 1. The molecule has 0 bridgehead atoms. The van der Waals surface area contributed by atoms with E-state index in [4.69, 9.17) is 4.74 Å². The third-order valence-electron chi connectivity index (χ3n) is 5.17. The van der Waals surface area contributed by atoms with Gasteiger partial charge in [0.2, 0.25) is 0 Å². The lowest BCUT2D eigenvalue weighted by atomic mass is 10.1. The molecule has 0 radical (unpaired) electrons. The molecule has 0 fully saturated rings. The summed E-state index contributed by atoms with van der Waals surface area (Å²) in [4.78, 5) is 52.0. The summed E-state index contributed by atoms with van der Waals surface area (Å²) >= 11 is 0. The van der Waals surface area contributed by atoms with Crippen LogP contribution in [0.2, 0.25) is 0 Å². The average Bonchev–Trinajstić information content (AvgIpc) is 3.02. The summed E-state index contributed by atoms with van der Waals surface area (Å²) < 4.78 is 5.09. The van der Waals surface area contributed by atoms with Crippen LogP contribution in [0.4, 0.5) is 0 Å². The molecule has 1 aliphatic rings. The Morgan fingerprint density at radius 1 is 0.967 bits per heavy atom. The zero-order valence-corrected chi connectivity index (χ0v) is 17.3. The smallest absolute Gasteiger partial charge is 0.329 e. The highest BCUT2D eigenvalue weighted by molar-refractivity contribution is 6.22. The minimum atomic E-state index is -1.13. The molecule has 3 amide bonds. The summed E-state index contributed by atoms with van der Waals surface area (Å²) in [6.07, 6.45) is 0.941. The van der Waals surface area contributed by atoms with Gasteiger partial charge in [-0.05, 0) is 36.6 Å². The van der Waals surface area contributed by atoms with E-state index in [1.54, 1.807) is 31.3 Å². The summed E-state index contributed by atoms with van der Waals surface area (Å²) in [6.45, 7) is 3.40. The van der Waals surface area contributed by atoms with Gasteiger partial charge in [-0.2, -0.15) is 0 Å². The number of likely N-dealkylation sites (N-methyl/N-ethyl adjacent to an activating group) is 1. The number of aryl methyl sites for hydroxylation is 1. The second-order valence-electron chi connectivity index (χ2n) is 7.23. The van der Waals surface area contributed by atoms with Crippen LogP contribution < -0.4 is 0 Å². The normalized spacial score (nSPS) is 13.8. The van der Waals surface area contributed by atoms with Crippen molar-refractivity contribution in [1.82, 2.24) is 9.80 Å². The molecule has 3 rings (SSSR count). The summed E-state index contributed by atoms with van der Waals surface area (Å²) in [5, 5.41) is 0. The maximum Gasteiger partial charge on any atom is 0.329 e. The molecule has 156 valence electrons. The van der Waals surface area contributed by atoms with E-state index < -0.39 is 30.4 Å². The first kappa shape index (κ1) is 21.2. The van der Waals surface area contributed by atoms with E-state index in [9.17, 15) is 19.2 Å². The van der Waals surface area contributed by atoms with Crippen LogP contribution in [0.25, 0.3) is 0 Å². The van der Waals surface area contributed by atoms with Crippen molar-refractivity contribution in [2.45, 2.75) is 32.9 Å². The van der Waals surface area contributed by atoms with Gasteiger partial charge in [0.15, 0.2) is 6.61 Å². The summed E-state index contributed by atoms with van der Waals surface area (Å²) in [5.41, 5.74) is 2.69. The maximum absolute atomic E-state index is 12.5.